The molecule has 13 heavy (non-hydrogen) atoms. The molecule has 0 N–H and O–H groups in total. The van der Waals surface area contributed by atoms with Crippen molar-refractivity contribution in [1.29, 1.82) is 0 Å². The largest absolute Gasteiger partial charge is 0.463 e. The Kier molecular flexibility index (Phi) is 6.56. The van der Waals surface area contributed by atoms with Crippen molar-refractivity contribution >= 4 is 34.5 Å². The molecule has 0 aliphatic carbocycles. The Morgan fingerprint density at radius 1 is 1.23 bits per heavy atom. The smallest absolute Gasteiger partial charge is 0.344 e. The highest BCUT2D eigenvalue weighted by molar-refractivity contribution is 14.1. The van der Waals surface area contributed by atoms with Gasteiger partial charge in [-0.05, 0) is 36.4 Å². The van der Waals surface area contributed by atoms with Gasteiger partial charge in [0.2, 0.25) is 0 Å². The Morgan fingerprint density at radius 2 is 1.77 bits per heavy atom. The molecule has 0 fully saturated rings. The maximum Gasteiger partial charge on any atom is 0.344 e. The second-order valence-electron chi connectivity index (χ2n) is 1.96. The molecule has 0 aromatic carbocycles. The number of ether oxygens (including phenoxy) is 2. The second kappa shape index (κ2) is 6.88. The molecule has 0 spiro atoms. The standard InChI is InChI=1S/C8H11IO4/c1-3-12-7(10)5-6(9)8(11)13-4-2/h5H,3-4H2,1-2H3/b6-5+. The molecule has 0 aromatic rings. The number of halogens is 1. The molecule has 0 bridgehead atoms. The fraction of sp³-hybridized carbons (Fsp3) is 0.500. The fourth-order valence-corrected chi connectivity index (χ4v) is 0.956. The zero-order valence-corrected chi connectivity index (χ0v) is 9.66. The van der Waals surface area contributed by atoms with E-state index in [1.165, 1.54) is 0 Å². The van der Waals surface area contributed by atoms with Crippen LogP contribution >= 0.6 is 22.6 Å². The summed E-state index contributed by atoms with van der Waals surface area (Å²) in [4.78, 5) is 21.8. The maximum absolute atomic E-state index is 11.0. The third kappa shape index (κ3) is 5.62. The molecule has 0 saturated carbocycles. The van der Waals surface area contributed by atoms with E-state index < -0.39 is 11.9 Å². The van der Waals surface area contributed by atoms with E-state index in [0.717, 1.165) is 6.08 Å². The molecule has 0 heterocycles. The summed E-state index contributed by atoms with van der Waals surface area (Å²) in [6.07, 6.45) is 1.11. The van der Waals surface area contributed by atoms with Crippen LogP contribution in [0.4, 0.5) is 0 Å². The quantitative estimate of drug-likeness (QED) is 0.447. The van der Waals surface area contributed by atoms with Crippen molar-refractivity contribution in [3.05, 3.63) is 9.66 Å². The van der Waals surface area contributed by atoms with E-state index >= 15 is 0 Å². The van der Waals surface area contributed by atoms with Crippen molar-refractivity contribution in [3.63, 3.8) is 0 Å². The first-order valence-corrected chi connectivity index (χ1v) is 4.90. The lowest BCUT2D eigenvalue weighted by Crippen LogP contribution is -2.07. The van der Waals surface area contributed by atoms with Crippen LogP contribution in [0.15, 0.2) is 9.66 Å². The number of esters is 2. The molecular weight excluding hydrogens is 287 g/mol. The minimum absolute atomic E-state index is 0.220. The van der Waals surface area contributed by atoms with Crippen LogP contribution in [-0.4, -0.2) is 25.2 Å². The van der Waals surface area contributed by atoms with Gasteiger partial charge in [-0.15, -0.1) is 0 Å². The van der Waals surface area contributed by atoms with Crippen molar-refractivity contribution in [2.24, 2.45) is 0 Å². The van der Waals surface area contributed by atoms with Crippen LogP contribution in [0.5, 0.6) is 0 Å². The van der Waals surface area contributed by atoms with E-state index in [2.05, 4.69) is 9.47 Å². The summed E-state index contributed by atoms with van der Waals surface area (Å²) >= 11 is 1.73. The van der Waals surface area contributed by atoms with Crippen molar-refractivity contribution in [2.75, 3.05) is 13.2 Å². The first-order chi connectivity index (χ1) is 6.11. The molecule has 4 nitrogen and oxygen atoms in total. The van der Waals surface area contributed by atoms with Crippen LogP contribution in [0.3, 0.4) is 0 Å². The Hall–Kier alpha value is -0.590. The van der Waals surface area contributed by atoms with Gasteiger partial charge in [0.15, 0.2) is 0 Å². The van der Waals surface area contributed by atoms with Gasteiger partial charge in [-0.1, -0.05) is 0 Å². The van der Waals surface area contributed by atoms with E-state index in [-0.39, 0.29) is 3.58 Å². The lowest BCUT2D eigenvalue weighted by Gasteiger charge is -1.99. The Labute approximate surface area is 90.4 Å². The molecule has 0 aliphatic rings. The topological polar surface area (TPSA) is 52.6 Å². The van der Waals surface area contributed by atoms with Gasteiger partial charge in [-0.3, -0.25) is 0 Å². The summed E-state index contributed by atoms with van der Waals surface area (Å²) in [5.41, 5.74) is 0. The molecule has 0 amide bonds. The highest BCUT2D eigenvalue weighted by Gasteiger charge is 2.08. The van der Waals surface area contributed by atoms with E-state index in [9.17, 15) is 9.59 Å². The van der Waals surface area contributed by atoms with Gasteiger partial charge in [-0.25, -0.2) is 9.59 Å². The van der Waals surface area contributed by atoms with Crippen molar-refractivity contribution in [3.8, 4) is 0 Å². The third-order valence-corrected chi connectivity index (χ3v) is 1.75. The van der Waals surface area contributed by atoms with Gasteiger partial charge in [0, 0.05) is 6.08 Å². The van der Waals surface area contributed by atoms with Gasteiger partial charge in [0.05, 0.1) is 13.2 Å². The van der Waals surface area contributed by atoms with E-state index in [0.29, 0.717) is 13.2 Å². The summed E-state index contributed by atoms with van der Waals surface area (Å²) in [6, 6.07) is 0. The normalized spacial score (nSPS) is 10.8. The van der Waals surface area contributed by atoms with Crippen LogP contribution in [-0.2, 0) is 19.1 Å². The second-order valence-corrected chi connectivity index (χ2v) is 3.13. The lowest BCUT2D eigenvalue weighted by molar-refractivity contribution is -0.140. The van der Waals surface area contributed by atoms with Crippen LogP contribution in [0.2, 0.25) is 0 Å². The third-order valence-electron chi connectivity index (χ3n) is 1.00. The SMILES string of the molecule is CCOC(=O)/C=C(/I)C(=O)OCC. The zero-order valence-electron chi connectivity index (χ0n) is 7.50. The Balaban J connectivity index is 4.14. The maximum atomic E-state index is 11.0. The van der Waals surface area contributed by atoms with Gasteiger partial charge < -0.3 is 9.47 Å². The van der Waals surface area contributed by atoms with Gasteiger partial charge >= 0.3 is 11.9 Å². The molecule has 0 rings (SSSR count). The summed E-state index contributed by atoms with van der Waals surface area (Å²) in [6.45, 7) is 3.99. The van der Waals surface area contributed by atoms with Gasteiger partial charge in [0.25, 0.3) is 0 Å². The van der Waals surface area contributed by atoms with Crippen molar-refractivity contribution < 1.29 is 19.1 Å². The molecular formula is C8H11IO4. The first kappa shape index (κ1) is 12.4. The van der Waals surface area contributed by atoms with Crippen LogP contribution in [0.25, 0.3) is 0 Å². The number of rotatable bonds is 4. The van der Waals surface area contributed by atoms with Crippen LogP contribution in [0.1, 0.15) is 13.8 Å². The fourth-order valence-electron chi connectivity index (χ4n) is 0.546. The number of hydrogen-bond donors (Lipinski definition) is 0. The molecule has 0 radical (unpaired) electrons. The highest BCUT2D eigenvalue weighted by atomic mass is 127. The first-order valence-electron chi connectivity index (χ1n) is 3.82. The molecule has 0 unspecified atom stereocenters. The predicted octanol–water partition coefficient (Wildman–Crippen LogP) is 1.43. The molecule has 0 atom stereocenters. The number of hydrogen-bond acceptors (Lipinski definition) is 4. The molecule has 0 aliphatic heterocycles. The number of carbonyl (C=O) groups is 2. The van der Waals surface area contributed by atoms with Crippen LogP contribution < -0.4 is 0 Å². The Morgan fingerprint density at radius 3 is 2.23 bits per heavy atom. The van der Waals surface area contributed by atoms with Gasteiger partial charge in [-0.2, -0.15) is 0 Å². The average Bonchev–Trinajstić information content (AvgIpc) is 2.05. The lowest BCUT2D eigenvalue weighted by atomic mass is 10.5. The molecule has 5 heteroatoms. The zero-order chi connectivity index (χ0) is 10.3. The monoisotopic (exact) mass is 298 g/mol. The minimum atomic E-state index is -0.528. The van der Waals surface area contributed by atoms with E-state index in [1.807, 2.05) is 0 Å². The average molecular weight is 298 g/mol. The van der Waals surface area contributed by atoms with Crippen molar-refractivity contribution in [1.82, 2.24) is 0 Å². The van der Waals surface area contributed by atoms with E-state index in [4.69, 9.17) is 0 Å². The summed E-state index contributed by atoms with van der Waals surface area (Å²) < 4.78 is 9.49. The molecule has 0 aromatic heterocycles. The highest BCUT2D eigenvalue weighted by Crippen LogP contribution is 2.08. The summed E-state index contributed by atoms with van der Waals surface area (Å²) in [7, 11) is 0. The molecule has 0 saturated heterocycles. The van der Waals surface area contributed by atoms with Crippen LogP contribution in [0, 0.1) is 0 Å². The van der Waals surface area contributed by atoms with Gasteiger partial charge in [0.1, 0.15) is 3.58 Å². The Bertz CT molecular complexity index is 222. The predicted molar refractivity (Wildman–Crippen MR) is 55.4 cm³/mol. The van der Waals surface area contributed by atoms with E-state index in [1.54, 1.807) is 36.4 Å². The van der Waals surface area contributed by atoms with Crippen molar-refractivity contribution in [2.45, 2.75) is 13.8 Å². The molecule has 74 valence electrons. The minimum Gasteiger partial charge on any atom is -0.463 e. The summed E-state index contributed by atoms with van der Waals surface area (Å²) in [5, 5.41) is 0. The summed E-state index contributed by atoms with van der Waals surface area (Å²) in [5.74, 6) is -1.03. The number of carbonyl (C=O) groups excluding carboxylic acids is 2.